The fourth-order valence-electron chi connectivity index (χ4n) is 2.57. The highest BCUT2D eigenvalue weighted by Crippen LogP contribution is 2.25. The lowest BCUT2D eigenvalue weighted by molar-refractivity contribution is -0.122. The lowest BCUT2D eigenvalue weighted by atomic mass is 9.87. The number of nitrogens with zero attached hydrogens (tertiary/aromatic N) is 1. The van der Waals surface area contributed by atoms with E-state index in [1.165, 1.54) is 32.1 Å². The van der Waals surface area contributed by atoms with Crippen molar-refractivity contribution in [3.8, 4) is 0 Å². The lowest BCUT2D eigenvalue weighted by Crippen LogP contribution is -2.41. The van der Waals surface area contributed by atoms with Crippen molar-refractivity contribution in [3.05, 3.63) is 0 Å². The molecule has 0 spiro atoms. The van der Waals surface area contributed by atoms with Crippen molar-refractivity contribution in [3.63, 3.8) is 0 Å². The maximum atomic E-state index is 11.8. The van der Waals surface area contributed by atoms with Crippen molar-refractivity contribution in [2.24, 2.45) is 10.9 Å². The summed E-state index contributed by atoms with van der Waals surface area (Å²) < 4.78 is 0. The standard InChI is InChI=1S/C15H30N4O.HI/c1-3-9-18-15(16-2)19-11-10-17-14(20)12-13-7-5-4-6-8-13;/h13H,3-12H2,1-2H3,(H,17,20)(H2,16,18,19);1H. The van der Waals surface area contributed by atoms with Gasteiger partial charge in [0.1, 0.15) is 0 Å². The molecule has 6 heteroatoms. The van der Waals surface area contributed by atoms with Gasteiger partial charge in [0.05, 0.1) is 0 Å². The molecule has 0 aliphatic heterocycles. The van der Waals surface area contributed by atoms with Gasteiger partial charge in [-0.2, -0.15) is 0 Å². The summed E-state index contributed by atoms with van der Waals surface area (Å²) in [5.74, 6) is 1.60. The molecule has 0 unspecified atom stereocenters. The van der Waals surface area contributed by atoms with Crippen LogP contribution in [0, 0.1) is 5.92 Å². The van der Waals surface area contributed by atoms with Gasteiger partial charge in [0.2, 0.25) is 5.91 Å². The molecule has 1 fully saturated rings. The van der Waals surface area contributed by atoms with E-state index >= 15 is 0 Å². The molecule has 21 heavy (non-hydrogen) atoms. The van der Waals surface area contributed by atoms with E-state index < -0.39 is 0 Å². The Balaban J connectivity index is 0.00000400. The molecule has 124 valence electrons. The Hall–Kier alpha value is -0.530. The van der Waals surface area contributed by atoms with Crippen LogP contribution in [0.4, 0.5) is 0 Å². The van der Waals surface area contributed by atoms with Crippen molar-refractivity contribution < 1.29 is 4.79 Å². The molecular weight excluding hydrogens is 379 g/mol. The second-order valence-electron chi connectivity index (χ2n) is 5.48. The largest absolute Gasteiger partial charge is 0.356 e. The van der Waals surface area contributed by atoms with Crippen LogP contribution in [-0.2, 0) is 4.79 Å². The van der Waals surface area contributed by atoms with E-state index in [0.29, 0.717) is 25.4 Å². The Morgan fingerprint density at radius 2 is 1.67 bits per heavy atom. The Bertz CT molecular complexity index is 304. The highest BCUT2D eigenvalue weighted by atomic mass is 127. The van der Waals surface area contributed by atoms with E-state index in [1.54, 1.807) is 7.05 Å². The predicted molar refractivity (Wildman–Crippen MR) is 99.3 cm³/mol. The van der Waals surface area contributed by atoms with Gasteiger partial charge in [-0.15, -0.1) is 24.0 Å². The molecule has 0 radical (unpaired) electrons. The molecule has 1 saturated carbocycles. The lowest BCUT2D eigenvalue weighted by Gasteiger charge is -2.20. The number of amides is 1. The zero-order chi connectivity index (χ0) is 14.6. The Labute approximate surface area is 146 Å². The van der Waals surface area contributed by atoms with Crippen LogP contribution in [0.2, 0.25) is 0 Å². The van der Waals surface area contributed by atoms with Crippen LogP contribution < -0.4 is 16.0 Å². The third kappa shape index (κ3) is 9.92. The summed E-state index contributed by atoms with van der Waals surface area (Å²) in [5, 5.41) is 9.37. The minimum atomic E-state index is 0. The fourth-order valence-corrected chi connectivity index (χ4v) is 2.57. The van der Waals surface area contributed by atoms with Crippen LogP contribution in [0.25, 0.3) is 0 Å². The second kappa shape index (κ2) is 13.2. The van der Waals surface area contributed by atoms with Crippen molar-refractivity contribution in [1.29, 1.82) is 0 Å². The first-order valence-electron chi connectivity index (χ1n) is 7.97. The molecule has 0 aromatic rings. The van der Waals surface area contributed by atoms with Crippen LogP contribution in [0.1, 0.15) is 51.9 Å². The van der Waals surface area contributed by atoms with E-state index in [-0.39, 0.29) is 29.9 Å². The zero-order valence-electron chi connectivity index (χ0n) is 13.4. The van der Waals surface area contributed by atoms with Gasteiger partial charge in [-0.05, 0) is 25.2 Å². The molecule has 3 N–H and O–H groups in total. The summed E-state index contributed by atoms with van der Waals surface area (Å²) in [5.41, 5.74) is 0. The summed E-state index contributed by atoms with van der Waals surface area (Å²) in [6.45, 7) is 4.39. The molecule has 0 bridgehead atoms. The molecule has 5 nitrogen and oxygen atoms in total. The van der Waals surface area contributed by atoms with Crippen LogP contribution in [0.15, 0.2) is 4.99 Å². The molecule has 0 atom stereocenters. The average Bonchev–Trinajstić information content (AvgIpc) is 2.47. The van der Waals surface area contributed by atoms with Crippen molar-refractivity contribution in [1.82, 2.24) is 16.0 Å². The minimum absolute atomic E-state index is 0. The predicted octanol–water partition coefficient (Wildman–Crippen LogP) is 2.27. The number of hydrogen-bond donors (Lipinski definition) is 3. The average molecular weight is 410 g/mol. The highest BCUT2D eigenvalue weighted by molar-refractivity contribution is 14.0. The minimum Gasteiger partial charge on any atom is -0.356 e. The topological polar surface area (TPSA) is 65.5 Å². The number of carbonyl (C=O) groups excluding carboxylic acids is 1. The van der Waals surface area contributed by atoms with Crippen LogP contribution in [0.3, 0.4) is 0 Å². The van der Waals surface area contributed by atoms with E-state index in [4.69, 9.17) is 0 Å². The molecule has 1 aliphatic carbocycles. The van der Waals surface area contributed by atoms with Crippen LogP contribution in [-0.4, -0.2) is 38.5 Å². The van der Waals surface area contributed by atoms with Gasteiger partial charge in [-0.25, -0.2) is 0 Å². The van der Waals surface area contributed by atoms with Crippen molar-refractivity contribution in [2.45, 2.75) is 51.9 Å². The third-order valence-corrected chi connectivity index (χ3v) is 3.70. The number of halogens is 1. The van der Waals surface area contributed by atoms with Crippen molar-refractivity contribution in [2.75, 3.05) is 26.7 Å². The zero-order valence-corrected chi connectivity index (χ0v) is 15.7. The summed E-state index contributed by atoms with van der Waals surface area (Å²) in [6, 6.07) is 0. The number of nitrogens with one attached hydrogen (secondary N) is 3. The first-order valence-corrected chi connectivity index (χ1v) is 7.97. The molecule has 0 aromatic heterocycles. The number of rotatable bonds is 7. The highest BCUT2D eigenvalue weighted by Gasteiger charge is 2.16. The van der Waals surface area contributed by atoms with Gasteiger partial charge in [0, 0.05) is 33.1 Å². The first kappa shape index (κ1) is 20.5. The van der Waals surface area contributed by atoms with Crippen molar-refractivity contribution >= 4 is 35.8 Å². The Morgan fingerprint density at radius 3 is 2.29 bits per heavy atom. The van der Waals surface area contributed by atoms with Gasteiger partial charge in [-0.1, -0.05) is 26.2 Å². The third-order valence-electron chi connectivity index (χ3n) is 3.70. The van der Waals surface area contributed by atoms with Gasteiger partial charge in [-0.3, -0.25) is 9.79 Å². The van der Waals surface area contributed by atoms with E-state index in [2.05, 4.69) is 27.9 Å². The summed E-state index contributed by atoms with van der Waals surface area (Å²) >= 11 is 0. The number of aliphatic imine (C=N–C) groups is 1. The summed E-state index contributed by atoms with van der Waals surface area (Å²) in [4.78, 5) is 15.9. The number of hydrogen-bond acceptors (Lipinski definition) is 2. The molecule has 1 amide bonds. The normalized spacial score (nSPS) is 16.0. The molecule has 1 rings (SSSR count). The van der Waals surface area contributed by atoms with Crippen LogP contribution >= 0.6 is 24.0 Å². The second-order valence-corrected chi connectivity index (χ2v) is 5.48. The van der Waals surface area contributed by atoms with E-state index in [1.807, 2.05) is 0 Å². The first-order chi connectivity index (χ1) is 9.76. The fraction of sp³-hybridized carbons (Fsp3) is 0.867. The Kier molecular flexibility index (Phi) is 12.8. The molecule has 1 aliphatic rings. The smallest absolute Gasteiger partial charge is 0.220 e. The maximum Gasteiger partial charge on any atom is 0.220 e. The number of guanidine groups is 1. The summed E-state index contributed by atoms with van der Waals surface area (Å²) in [6.07, 6.45) is 8.13. The Morgan fingerprint density at radius 1 is 1.05 bits per heavy atom. The maximum absolute atomic E-state index is 11.8. The molecule has 0 saturated heterocycles. The molecular formula is C15H31IN4O. The SMILES string of the molecule is CCCNC(=NC)NCCNC(=O)CC1CCCCC1.I. The summed E-state index contributed by atoms with van der Waals surface area (Å²) in [7, 11) is 1.76. The van der Waals surface area contributed by atoms with Gasteiger partial charge in [0.25, 0.3) is 0 Å². The van der Waals surface area contributed by atoms with Gasteiger partial charge < -0.3 is 16.0 Å². The van der Waals surface area contributed by atoms with Gasteiger partial charge in [0.15, 0.2) is 5.96 Å². The number of carbonyl (C=O) groups is 1. The molecule has 0 heterocycles. The quantitative estimate of drug-likeness (QED) is 0.261. The molecule has 0 aromatic carbocycles. The monoisotopic (exact) mass is 410 g/mol. The van der Waals surface area contributed by atoms with Crippen LogP contribution in [0.5, 0.6) is 0 Å². The van der Waals surface area contributed by atoms with E-state index in [9.17, 15) is 4.79 Å². The van der Waals surface area contributed by atoms with Gasteiger partial charge >= 0.3 is 0 Å². The van der Waals surface area contributed by atoms with E-state index in [0.717, 1.165) is 18.9 Å².